The van der Waals surface area contributed by atoms with E-state index in [4.69, 9.17) is 14.2 Å². The van der Waals surface area contributed by atoms with Gasteiger partial charge in [0.15, 0.2) is 6.10 Å². The van der Waals surface area contributed by atoms with Crippen LogP contribution in [0, 0.1) is 0 Å². The van der Waals surface area contributed by atoms with Crippen LogP contribution in [-0.2, 0) is 28.6 Å². The van der Waals surface area contributed by atoms with Gasteiger partial charge in [-0.25, -0.2) is 0 Å². The molecule has 0 saturated carbocycles. The lowest BCUT2D eigenvalue weighted by Gasteiger charge is -2.18. The fraction of sp³-hybridized carbons (Fsp3) is 0.779. The summed E-state index contributed by atoms with van der Waals surface area (Å²) in [6.07, 6.45) is 80.4. The Hall–Kier alpha value is -3.15. The maximum atomic E-state index is 12.9. The van der Waals surface area contributed by atoms with Gasteiger partial charge in [0.2, 0.25) is 0 Å². The quantitative estimate of drug-likeness (QED) is 0.0261. The van der Waals surface area contributed by atoms with E-state index in [0.717, 1.165) is 109 Å². The van der Waals surface area contributed by atoms with Crippen LogP contribution in [0.1, 0.15) is 323 Å². The summed E-state index contributed by atoms with van der Waals surface area (Å²) >= 11 is 0. The van der Waals surface area contributed by atoms with Crippen LogP contribution in [0.2, 0.25) is 0 Å². The van der Waals surface area contributed by atoms with Crippen molar-refractivity contribution in [1.82, 2.24) is 0 Å². The number of ether oxygens (including phenoxy) is 3. The highest BCUT2D eigenvalue weighted by Crippen LogP contribution is 2.17. The monoisotopic (exact) mass is 1030 g/mol. The lowest BCUT2D eigenvalue weighted by Crippen LogP contribution is -2.30. The predicted octanol–water partition coefficient (Wildman–Crippen LogP) is 21.7. The normalized spacial score (nSPS) is 12.5. The Morgan fingerprint density at radius 2 is 0.527 bits per heavy atom. The van der Waals surface area contributed by atoms with Gasteiger partial charge in [-0.3, -0.25) is 14.4 Å². The topological polar surface area (TPSA) is 78.9 Å². The maximum absolute atomic E-state index is 12.9. The van der Waals surface area contributed by atoms with E-state index in [0.29, 0.717) is 19.3 Å². The molecule has 0 saturated heterocycles. The highest BCUT2D eigenvalue weighted by molar-refractivity contribution is 5.71. The zero-order chi connectivity index (χ0) is 53.6. The van der Waals surface area contributed by atoms with Crippen LogP contribution < -0.4 is 0 Å². The highest BCUT2D eigenvalue weighted by Gasteiger charge is 2.19. The zero-order valence-corrected chi connectivity index (χ0v) is 49.1. The number of allylic oxidation sites excluding steroid dienone is 12. The third kappa shape index (κ3) is 59.7. The SMILES string of the molecule is CC/C=C\C/C=C\C/C=C\C/C=C\C/C=C\CCCCCCCC(=O)OCC(COC(=O)CCCCCCCCC/C=C\CCCCCCCC)OC(=O)CCCCCCCCCCCCCCCCCCCC. The van der Waals surface area contributed by atoms with Crippen LogP contribution >= 0.6 is 0 Å². The van der Waals surface area contributed by atoms with Gasteiger partial charge < -0.3 is 14.2 Å². The van der Waals surface area contributed by atoms with Gasteiger partial charge in [-0.15, -0.1) is 0 Å². The van der Waals surface area contributed by atoms with Crippen molar-refractivity contribution < 1.29 is 28.6 Å². The first-order chi connectivity index (χ1) is 36.5. The van der Waals surface area contributed by atoms with Crippen molar-refractivity contribution in [2.75, 3.05) is 13.2 Å². The Balaban J connectivity index is 4.40. The van der Waals surface area contributed by atoms with E-state index in [-0.39, 0.29) is 31.1 Å². The minimum absolute atomic E-state index is 0.0811. The van der Waals surface area contributed by atoms with Crippen LogP contribution in [0.4, 0.5) is 0 Å². The molecule has 0 aromatic heterocycles. The minimum atomic E-state index is -0.785. The van der Waals surface area contributed by atoms with Crippen molar-refractivity contribution in [3.05, 3.63) is 72.9 Å². The van der Waals surface area contributed by atoms with Crippen molar-refractivity contribution in [1.29, 1.82) is 0 Å². The molecule has 0 N–H and O–H groups in total. The smallest absolute Gasteiger partial charge is 0.306 e. The molecule has 1 atom stereocenters. The Kier molecular flexibility index (Phi) is 59.7. The van der Waals surface area contributed by atoms with Gasteiger partial charge in [0.05, 0.1) is 0 Å². The molecular weight excluding hydrogens is 913 g/mol. The second-order valence-electron chi connectivity index (χ2n) is 21.3. The molecule has 74 heavy (non-hydrogen) atoms. The number of esters is 3. The van der Waals surface area contributed by atoms with E-state index in [1.54, 1.807) is 0 Å². The van der Waals surface area contributed by atoms with Gasteiger partial charge >= 0.3 is 17.9 Å². The first-order valence-electron chi connectivity index (χ1n) is 31.9. The molecule has 0 spiro atoms. The van der Waals surface area contributed by atoms with Gasteiger partial charge in [-0.1, -0.05) is 286 Å². The van der Waals surface area contributed by atoms with Crippen LogP contribution in [0.3, 0.4) is 0 Å². The molecule has 6 heteroatoms. The zero-order valence-electron chi connectivity index (χ0n) is 49.1. The summed E-state index contributed by atoms with van der Waals surface area (Å²) in [6.45, 7) is 6.55. The summed E-state index contributed by atoms with van der Waals surface area (Å²) in [5, 5.41) is 0. The number of rotatable bonds is 58. The van der Waals surface area contributed by atoms with E-state index >= 15 is 0 Å². The van der Waals surface area contributed by atoms with Crippen LogP contribution in [0.15, 0.2) is 72.9 Å². The average molecular weight is 1030 g/mol. The molecule has 0 aliphatic carbocycles. The third-order valence-corrected chi connectivity index (χ3v) is 13.9. The molecule has 0 bridgehead atoms. The van der Waals surface area contributed by atoms with Crippen molar-refractivity contribution in [2.45, 2.75) is 329 Å². The van der Waals surface area contributed by atoms with Gasteiger partial charge in [0.1, 0.15) is 13.2 Å². The van der Waals surface area contributed by atoms with Crippen LogP contribution in [0.5, 0.6) is 0 Å². The molecule has 0 aromatic rings. The Bertz CT molecular complexity index is 1370. The van der Waals surface area contributed by atoms with Gasteiger partial charge in [-0.05, 0) is 89.9 Å². The first-order valence-corrected chi connectivity index (χ1v) is 31.9. The molecule has 0 aliphatic heterocycles. The summed E-state index contributed by atoms with van der Waals surface area (Å²) in [4.78, 5) is 38.3. The number of carbonyl (C=O) groups excluding carboxylic acids is 3. The van der Waals surface area contributed by atoms with Crippen molar-refractivity contribution in [3.8, 4) is 0 Å². The molecule has 0 aliphatic rings. The number of hydrogen-bond acceptors (Lipinski definition) is 6. The average Bonchev–Trinajstić information content (AvgIpc) is 3.40. The fourth-order valence-corrected chi connectivity index (χ4v) is 9.17. The molecular formula is C68H120O6. The second-order valence-corrected chi connectivity index (χ2v) is 21.3. The first kappa shape index (κ1) is 70.8. The number of hydrogen-bond donors (Lipinski definition) is 0. The highest BCUT2D eigenvalue weighted by atomic mass is 16.6. The van der Waals surface area contributed by atoms with E-state index in [1.165, 1.54) is 173 Å². The molecule has 1 unspecified atom stereocenters. The Morgan fingerprint density at radius 1 is 0.284 bits per heavy atom. The third-order valence-electron chi connectivity index (χ3n) is 13.9. The van der Waals surface area contributed by atoms with Crippen LogP contribution in [-0.4, -0.2) is 37.2 Å². The lowest BCUT2D eigenvalue weighted by molar-refractivity contribution is -0.167. The Morgan fingerprint density at radius 3 is 0.838 bits per heavy atom. The van der Waals surface area contributed by atoms with Crippen molar-refractivity contribution in [2.24, 2.45) is 0 Å². The summed E-state index contributed by atoms with van der Waals surface area (Å²) in [5.41, 5.74) is 0. The van der Waals surface area contributed by atoms with Gasteiger partial charge in [0, 0.05) is 19.3 Å². The summed E-state index contributed by atoms with van der Waals surface area (Å²) in [6, 6.07) is 0. The fourth-order valence-electron chi connectivity index (χ4n) is 9.17. The van der Waals surface area contributed by atoms with Gasteiger partial charge in [0.25, 0.3) is 0 Å². The minimum Gasteiger partial charge on any atom is -0.462 e. The molecule has 0 rings (SSSR count). The molecule has 0 radical (unpaired) electrons. The molecule has 0 heterocycles. The summed E-state index contributed by atoms with van der Waals surface area (Å²) in [7, 11) is 0. The van der Waals surface area contributed by atoms with E-state index in [2.05, 4.69) is 93.7 Å². The summed E-state index contributed by atoms with van der Waals surface area (Å²) in [5.74, 6) is -0.887. The summed E-state index contributed by atoms with van der Waals surface area (Å²) < 4.78 is 16.9. The number of carbonyl (C=O) groups is 3. The maximum Gasteiger partial charge on any atom is 0.306 e. The molecule has 0 amide bonds. The molecule has 0 aromatic carbocycles. The molecule has 6 nitrogen and oxygen atoms in total. The molecule has 0 fully saturated rings. The second kappa shape index (κ2) is 62.4. The van der Waals surface area contributed by atoms with Crippen molar-refractivity contribution >= 4 is 17.9 Å². The van der Waals surface area contributed by atoms with Gasteiger partial charge in [-0.2, -0.15) is 0 Å². The lowest BCUT2D eigenvalue weighted by atomic mass is 10.0. The van der Waals surface area contributed by atoms with Crippen molar-refractivity contribution in [3.63, 3.8) is 0 Å². The van der Waals surface area contributed by atoms with E-state index in [1.807, 2.05) is 0 Å². The number of unbranched alkanes of at least 4 members (excludes halogenated alkanes) is 35. The standard InChI is InChI=1S/C68H120O6/c1-4-7-10-13-16-19-22-25-28-31-33-34-35-38-40-43-46-49-52-55-58-61-67(70)73-64-65(63-72-66(69)60-57-54-51-48-45-42-39-36-30-27-24-21-18-15-12-9-6-3)74-68(71)62-59-56-53-50-47-44-41-37-32-29-26-23-20-17-14-11-8-5-2/h7,10,16,19,25,27-28,30,33-34,38,40,65H,4-6,8-9,11-15,17-18,20-24,26,29,31-32,35-37,39,41-64H2,1-3H3/b10-7-,19-16-,28-25-,30-27-,34-33-,40-38-. The molecule has 428 valence electrons. The predicted molar refractivity (Wildman–Crippen MR) is 321 cm³/mol. The van der Waals surface area contributed by atoms with Crippen LogP contribution in [0.25, 0.3) is 0 Å². The van der Waals surface area contributed by atoms with E-state index < -0.39 is 6.10 Å². The Labute approximate surface area is 459 Å². The largest absolute Gasteiger partial charge is 0.462 e. The van der Waals surface area contributed by atoms with E-state index in [9.17, 15) is 14.4 Å².